The molecule has 1 rings (SSSR count). The highest BCUT2D eigenvalue weighted by Crippen LogP contribution is 2.03. The zero-order valence-electron chi connectivity index (χ0n) is 9.65. The third-order valence-corrected chi connectivity index (χ3v) is 1.87. The highest BCUT2D eigenvalue weighted by molar-refractivity contribution is 5.39. The summed E-state index contributed by atoms with van der Waals surface area (Å²) in [5.41, 5.74) is 3.78. The van der Waals surface area contributed by atoms with Gasteiger partial charge in [0.2, 0.25) is 0 Å². The van der Waals surface area contributed by atoms with Gasteiger partial charge in [0.05, 0.1) is 32.1 Å². The van der Waals surface area contributed by atoms with E-state index in [4.69, 9.17) is 14.3 Å². The molecule has 0 aliphatic rings. The van der Waals surface area contributed by atoms with Gasteiger partial charge in [0, 0.05) is 6.61 Å². The summed E-state index contributed by atoms with van der Waals surface area (Å²) in [4.78, 5) is 5.21. The number of ether oxygens (including phenoxy) is 2. The van der Waals surface area contributed by atoms with Crippen LogP contribution in [0.4, 0.5) is 5.69 Å². The lowest BCUT2D eigenvalue weighted by Crippen LogP contribution is -2.11. The Kier molecular flexibility index (Phi) is 7.42. The average molecular weight is 225 g/mol. The Bertz CT molecular complexity index is 254. The summed E-state index contributed by atoms with van der Waals surface area (Å²) >= 11 is 0. The van der Waals surface area contributed by atoms with Crippen LogP contribution < -0.4 is 5.48 Å². The molecule has 1 aromatic rings. The van der Waals surface area contributed by atoms with E-state index < -0.39 is 0 Å². The van der Waals surface area contributed by atoms with Gasteiger partial charge in [-0.3, -0.25) is 10.3 Å². The summed E-state index contributed by atoms with van der Waals surface area (Å²) in [6.07, 6.45) is 0. The van der Waals surface area contributed by atoms with Crippen LogP contribution in [0.1, 0.15) is 6.92 Å². The van der Waals surface area contributed by atoms with E-state index in [-0.39, 0.29) is 0 Å². The van der Waals surface area contributed by atoms with Crippen molar-refractivity contribution >= 4 is 5.69 Å². The molecule has 1 N–H and O–H groups in total. The smallest absolute Gasteiger partial charge is 0.0979 e. The van der Waals surface area contributed by atoms with Crippen molar-refractivity contribution in [3.63, 3.8) is 0 Å². The minimum Gasteiger partial charge on any atom is -0.379 e. The molecule has 0 saturated carbocycles. The molecule has 1 aromatic carbocycles. The first-order valence-corrected chi connectivity index (χ1v) is 5.52. The van der Waals surface area contributed by atoms with Crippen molar-refractivity contribution in [2.24, 2.45) is 0 Å². The first-order valence-electron chi connectivity index (χ1n) is 5.52. The van der Waals surface area contributed by atoms with Crippen molar-refractivity contribution in [1.82, 2.24) is 0 Å². The molecular weight excluding hydrogens is 206 g/mol. The van der Waals surface area contributed by atoms with E-state index in [1.807, 2.05) is 37.3 Å². The molecule has 0 aliphatic carbocycles. The number of para-hydroxylation sites is 1. The number of hydrogen-bond acceptors (Lipinski definition) is 4. The van der Waals surface area contributed by atoms with Gasteiger partial charge in [0.25, 0.3) is 0 Å². The largest absolute Gasteiger partial charge is 0.379 e. The number of hydrogen-bond donors (Lipinski definition) is 1. The number of anilines is 1. The molecule has 0 amide bonds. The fourth-order valence-electron chi connectivity index (χ4n) is 1.11. The van der Waals surface area contributed by atoms with Crippen LogP contribution in [0.3, 0.4) is 0 Å². The van der Waals surface area contributed by atoms with Crippen LogP contribution in [0.2, 0.25) is 0 Å². The third kappa shape index (κ3) is 6.40. The van der Waals surface area contributed by atoms with E-state index in [1.165, 1.54) is 0 Å². The molecule has 4 heteroatoms. The Hall–Kier alpha value is -1.10. The maximum absolute atomic E-state index is 5.28. The van der Waals surface area contributed by atoms with Crippen molar-refractivity contribution < 1.29 is 14.3 Å². The fraction of sp³-hybridized carbons (Fsp3) is 0.500. The minimum atomic E-state index is 0.515. The zero-order valence-corrected chi connectivity index (χ0v) is 9.65. The van der Waals surface area contributed by atoms with Crippen molar-refractivity contribution in [1.29, 1.82) is 0 Å². The van der Waals surface area contributed by atoms with E-state index >= 15 is 0 Å². The van der Waals surface area contributed by atoms with Crippen LogP contribution in [0.15, 0.2) is 30.3 Å². The summed E-state index contributed by atoms with van der Waals surface area (Å²) < 4.78 is 10.4. The molecule has 0 fully saturated rings. The van der Waals surface area contributed by atoms with E-state index in [9.17, 15) is 0 Å². The number of nitrogens with one attached hydrogen (secondary N) is 1. The van der Waals surface area contributed by atoms with Crippen molar-refractivity contribution in [2.45, 2.75) is 6.92 Å². The van der Waals surface area contributed by atoms with Crippen LogP contribution >= 0.6 is 0 Å². The monoisotopic (exact) mass is 225 g/mol. The maximum Gasteiger partial charge on any atom is 0.0979 e. The van der Waals surface area contributed by atoms with Gasteiger partial charge in [0.15, 0.2) is 0 Å². The average Bonchev–Trinajstić information content (AvgIpc) is 2.34. The second-order valence-corrected chi connectivity index (χ2v) is 3.13. The van der Waals surface area contributed by atoms with Gasteiger partial charge < -0.3 is 9.47 Å². The number of rotatable bonds is 9. The second kappa shape index (κ2) is 9.15. The summed E-state index contributed by atoms with van der Waals surface area (Å²) in [5.74, 6) is 0. The molecule has 0 atom stereocenters. The zero-order chi connectivity index (χ0) is 11.5. The predicted molar refractivity (Wildman–Crippen MR) is 63.3 cm³/mol. The molecule has 0 unspecified atom stereocenters. The Labute approximate surface area is 96.5 Å². The van der Waals surface area contributed by atoms with Crippen molar-refractivity contribution in [2.75, 3.05) is 38.5 Å². The van der Waals surface area contributed by atoms with Gasteiger partial charge in [-0.1, -0.05) is 18.2 Å². The van der Waals surface area contributed by atoms with Crippen LogP contribution in [0.5, 0.6) is 0 Å². The molecular formula is C12H19NO3. The van der Waals surface area contributed by atoms with E-state index in [0.717, 1.165) is 12.3 Å². The van der Waals surface area contributed by atoms with Gasteiger partial charge in [-0.05, 0) is 19.1 Å². The standard InChI is InChI=1S/C12H19NO3/c1-2-14-8-9-15-10-11-16-13-12-6-4-3-5-7-12/h3-7,13H,2,8-11H2,1H3. The van der Waals surface area contributed by atoms with Gasteiger partial charge >= 0.3 is 0 Å². The Morgan fingerprint density at radius 1 is 0.938 bits per heavy atom. The maximum atomic E-state index is 5.28. The third-order valence-electron chi connectivity index (χ3n) is 1.87. The van der Waals surface area contributed by atoms with Crippen LogP contribution in [0, 0.1) is 0 Å². The summed E-state index contributed by atoms with van der Waals surface area (Å²) in [7, 11) is 0. The van der Waals surface area contributed by atoms with E-state index in [2.05, 4.69) is 5.48 Å². The highest BCUT2D eigenvalue weighted by atomic mass is 16.7. The van der Waals surface area contributed by atoms with Gasteiger partial charge in [0.1, 0.15) is 0 Å². The topological polar surface area (TPSA) is 39.7 Å². The lowest BCUT2D eigenvalue weighted by molar-refractivity contribution is 0.0275. The van der Waals surface area contributed by atoms with Gasteiger partial charge in [-0.15, -0.1) is 0 Å². The van der Waals surface area contributed by atoms with E-state index in [1.54, 1.807) is 0 Å². The van der Waals surface area contributed by atoms with Crippen molar-refractivity contribution in [3.05, 3.63) is 30.3 Å². The molecule has 4 nitrogen and oxygen atoms in total. The molecule has 0 saturated heterocycles. The molecule has 0 radical (unpaired) electrons. The molecule has 16 heavy (non-hydrogen) atoms. The highest BCUT2D eigenvalue weighted by Gasteiger charge is 1.91. The first kappa shape index (κ1) is 13.0. The Morgan fingerprint density at radius 2 is 1.62 bits per heavy atom. The minimum absolute atomic E-state index is 0.515. The SMILES string of the molecule is CCOCCOCCONc1ccccc1. The molecule has 0 spiro atoms. The molecule has 0 heterocycles. The summed E-state index contributed by atoms with van der Waals surface area (Å²) in [6.45, 7) is 5.03. The lowest BCUT2D eigenvalue weighted by atomic mass is 10.3. The quantitative estimate of drug-likeness (QED) is 0.516. The summed E-state index contributed by atoms with van der Waals surface area (Å²) in [6, 6.07) is 9.74. The van der Waals surface area contributed by atoms with Crippen LogP contribution in [0.25, 0.3) is 0 Å². The lowest BCUT2D eigenvalue weighted by Gasteiger charge is -2.07. The molecule has 90 valence electrons. The summed E-state index contributed by atoms with van der Waals surface area (Å²) in [5, 5.41) is 0. The van der Waals surface area contributed by atoms with Gasteiger partial charge in [-0.2, -0.15) is 0 Å². The first-order chi connectivity index (χ1) is 7.93. The van der Waals surface area contributed by atoms with Crippen LogP contribution in [-0.4, -0.2) is 33.0 Å². The molecule has 0 bridgehead atoms. The van der Waals surface area contributed by atoms with Crippen LogP contribution in [-0.2, 0) is 14.3 Å². The second-order valence-electron chi connectivity index (χ2n) is 3.13. The normalized spacial score (nSPS) is 10.3. The predicted octanol–water partition coefficient (Wildman–Crippen LogP) is 2.08. The Morgan fingerprint density at radius 3 is 2.38 bits per heavy atom. The number of benzene rings is 1. The van der Waals surface area contributed by atoms with E-state index in [0.29, 0.717) is 26.4 Å². The van der Waals surface area contributed by atoms with Crippen molar-refractivity contribution in [3.8, 4) is 0 Å². The fourth-order valence-corrected chi connectivity index (χ4v) is 1.11. The molecule has 0 aliphatic heterocycles. The Balaban J connectivity index is 1.89. The van der Waals surface area contributed by atoms with Gasteiger partial charge in [-0.25, -0.2) is 0 Å². The molecule has 0 aromatic heterocycles.